The number of hydrogen-bond donors (Lipinski definition) is 1. The molecule has 0 fully saturated rings. The smallest absolute Gasteiger partial charge is 0.271 e. The van der Waals surface area contributed by atoms with E-state index in [9.17, 15) is 4.79 Å². The highest BCUT2D eigenvalue weighted by atomic mass is 16.5. The van der Waals surface area contributed by atoms with Crippen LogP contribution >= 0.6 is 0 Å². The summed E-state index contributed by atoms with van der Waals surface area (Å²) < 4.78 is 7.00. The second kappa shape index (κ2) is 6.54. The van der Waals surface area contributed by atoms with Crippen LogP contribution in [0.3, 0.4) is 0 Å². The predicted octanol–water partition coefficient (Wildman–Crippen LogP) is 1.95. The highest BCUT2D eigenvalue weighted by Crippen LogP contribution is 2.21. The summed E-state index contributed by atoms with van der Waals surface area (Å²) in [5.41, 5.74) is 2.36. The van der Waals surface area contributed by atoms with E-state index in [4.69, 9.17) is 4.74 Å². The second-order valence-electron chi connectivity index (χ2n) is 5.20. The van der Waals surface area contributed by atoms with Crippen LogP contribution in [0, 0.1) is 0 Å². The Morgan fingerprint density at radius 2 is 1.95 bits per heavy atom. The minimum atomic E-state index is -0.0761. The van der Waals surface area contributed by atoms with Gasteiger partial charge in [-0.1, -0.05) is 0 Å². The lowest BCUT2D eigenvalue weighted by Crippen LogP contribution is -2.26. The minimum absolute atomic E-state index is 0.0761. The lowest BCUT2D eigenvalue weighted by Gasteiger charge is -2.11. The van der Waals surface area contributed by atoms with Gasteiger partial charge in [-0.25, -0.2) is 4.68 Å². The van der Waals surface area contributed by atoms with E-state index in [-0.39, 0.29) is 11.7 Å². The zero-order valence-corrected chi connectivity index (χ0v) is 12.9. The Morgan fingerprint density at radius 1 is 1.29 bits per heavy atom. The van der Waals surface area contributed by atoms with E-state index < -0.39 is 0 Å². The summed E-state index contributed by atoms with van der Waals surface area (Å²) in [6, 6.07) is 9.57. The molecule has 1 aromatic carbocycles. The summed E-state index contributed by atoms with van der Waals surface area (Å²) in [6.45, 7) is 4.51. The van der Waals surface area contributed by atoms with Gasteiger partial charge < -0.3 is 10.1 Å². The molecule has 0 saturated heterocycles. The van der Waals surface area contributed by atoms with Gasteiger partial charge in [-0.05, 0) is 51.2 Å². The molecule has 0 amide bonds. The van der Waals surface area contributed by atoms with Gasteiger partial charge in [0, 0.05) is 24.7 Å². The fraction of sp³-hybridized carbons (Fsp3) is 0.375. The van der Waals surface area contributed by atoms with Crippen molar-refractivity contribution in [2.75, 3.05) is 7.05 Å². The number of aryl methyl sites for hydroxylation is 1. The van der Waals surface area contributed by atoms with Crippen LogP contribution in [0.15, 0.2) is 35.1 Å². The first-order valence-corrected chi connectivity index (χ1v) is 7.00. The number of aromatic nitrogens is 2. The molecule has 0 aliphatic carbocycles. The number of hydrogen-bond acceptors (Lipinski definition) is 4. The van der Waals surface area contributed by atoms with E-state index in [0.717, 1.165) is 17.0 Å². The summed E-state index contributed by atoms with van der Waals surface area (Å²) in [5, 5.41) is 7.31. The van der Waals surface area contributed by atoms with Crippen LogP contribution in [-0.4, -0.2) is 22.9 Å². The van der Waals surface area contributed by atoms with Gasteiger partial charge in [-0.3, -0.25) is 4.79 Å². The molecule has 0 unspecified atom stereocenters. The monoisotopic (exact) mass is 287 g/mol. The molecule has 0 aliphatic rings. The predicted molar refractivity (Wildman–Crippen MR) is 83.4 cm³/mol. The Kier molecular flexibility index (Phi) is 4.75. The second-order valence-corrected chi connectivity index (χ2v) is 5.20. The Hall–Kier alpha value is -2.14. The Balaban J connectivity index is 2.35. The van der Waals surface area contributed by atoms with Gasteiger partial charge in [0.15, 0.2) is 0 Å². The quantitative estimate of drug-likeness (QED) is 0.913. The number of rotatable bonds is 5. The highest BCUT2D eigenvalue weighted by molar-refractivity contribution is 5.60. The molecule has 2 rings (SSSR count). The molecule has 0 radical (unpaired) electrons. The van der Waals surface area contributed by atoms with Crippen molar-refractivity contribution in [2.24, 2.45) is 7.05 Å². The van der Waals surface area contributed by atoms with Crippen molar-refractivity contribution in [3.8, 4) is 17.0 Å². The fourth-order valence-corrected chi connectivity index (χ4v) is 2.11. The summed E-state index contributed by atoms with van der Waals surface area (Å²) in [5.74, 6) is 0.828. The fourth-order valence-electron chi connectivity index (χ4n) is 2.11. The van der Waals surface area contributed by atoms with Gasteiger partial charge in [0.25, 0.3) is 5.56 Å². The van der Waals surface area contributed by atoms with Crippen molar-refractivity contribution in [3.63, 3.8) is 0 Å². The number of nitrogens with zero attached hydrogens (tertiary/aromatic N) is 2. The third-order valence-corrected chi connectivity index (χ3v) is 3.03. The normalized spacial score (nSPS) is 10.9. The average Bonchev–Trinajstić information content (AvgIpc) is 2.44. The Bertz CT molecular complexity index is 660. The van der Waals surface area contributed by atoms with E-state index >= 15 is 0 Å². The molecule has 0 atom stereocenters. The van der Waals surface area contributed by atoms with Crippen molar-refractivity contribution in [1.29, 1.82) is 0 Å². The number of benzene rings is 1. The first-order chi connectivity index (χ1) is 10.0. The van der Waals surface area contributed by atoms with Crippen LogP contribution in [0.4, 0.5) is 0 Å². The van der Waals surface area contributed by atoms with E-state index in [1.54, 1.807) is 7.05 Å². The van der Waals surface area contributed by atoms with Crippen LogP contribution in [0.2, 0.25) is 0 Å². The number of nitrogens with one attached hydrogen (secondary N) is 1. The SMILES string of the molecule is CNCc1cc(-c2ccc(OC(C)C)cc2)nn(C)c1=O. The summed E-state index contributed by atoms with van der Waals surface area (Å²) in [4.78, 5) is 12.0. The van der Waals surface area contributed by atoms with Crippen molar-refractivity contribution >= 4 is 0 Å². The van der Waals surface area contributed by atoms with E-state index in [0.29, 0.717) is 12.1 Å². The first-order valence-electron chi connectivity index (χ1n) is 7.00. The van der Waals surface area contributed by atoms with Crippen molar-refractivity contribution in [3.05, 3.63) is 46.2 Å². The molecule has 1 N–H and O–H groups in total. The average molecular weight is 287 g/mol. The van der Waals surface area contributed by atoms with E-state index in [1.165, 1.54) is 4.68 Å². The Labute approximate surface area is 124 Å². The number of ether oxygens (including phenoxy) is 1. The molecule has 1 aromatic heterocycles. The van der Waals surface area contributed by atoms with Gasteiger partial charge >= 0.3 is 0 Å². The van der Waals surface area contributed by atoms with Gasteiger partial charge in [-0.15, -0.1) is 0 Å². The zero-order chi connectivity index (χ0) is 15.4. The van der Waals surface area contributed by atoms with Crippen LogP contribution in [0.25, 0.3) is 11.3 Å². The largest absolute Gasteiger partial charge is 0.491 e. The molecule has 5 heteroatoms. The molecule has 112 valence electrons. The highest BCUT2D eigenvalue weighted by Gasteiger charge is 2.08. The zero-order valence-electron chi connectivity index (χ0n) is 12.9. The molecule has 0 aliphatic heterocycles. The molecular weight excluding hydrogens is 266 g/mol. The summed E-state index contributed by atoms with van der Waals surface area (Å²) in [7, 11) is 3.48. The van der Waals surface area contributed by atoms with Crippen molar-refractivity contribution in [1.82, 2.24) is 15.1 Å². The molecule has 5 nitrogen and oxygen atoms in total. The molecule has 21 heavy (non-hydrogen) atoms. The molecule has 0 saturated carbocycles. The van der Waals surface area contributed by atoms with Gasteiger partial charge in [0.2, 0.25) is 0 Å². The standard InChI is InChI=1S/C16H21N3O2/c1-11(2)21-14-7-5-12(6-8-14)15-9-13(10-17-3)16(20)19(4)18-15/h5-9,11,17H,10H2,1-4H3. The maximum Gasteiger partial charge on any atom is 0.271 e. The first kappa shape index (κ1) is 15.3. The molecule has 2 aromatic rings. The van der Waals surface area contributed by atoms with Crippen molar-refractivity contribution in [2.45, 2.75) is 26.5 Å². The Morgan fingerprint density at radius 3 is 2.52 bits per heavy atom. The van der Waals surface area contributed by atoms with E-state index in [1.807, 2.05) is 51.2 Å². The lowest BCUT2D eigenvalue weighted by molar-refractivity contribution is 0.242. The van der Waals surface area contributed by atoms with E-state index in [2.05, 4.69) is 10.4 Å². The molecule has 1 heterocycles. The van der Waals surface area contributed by atoms with Gasteiger partial charge in [0.05, 0.1) is 11.8 Å². The van der Waals surface area contributed by atoms with Gasteiger partial charge in [-0.2, -0.15) is 5.10 Å². The third-order valence-electron chi connectivity index (χ3n) is 3.03. The third kappa shape index (κ3) is 3.70. The maximum atomic E-state index is 12.0. The molecule has 0 spiro atoms. The van der Waals surface area contributed by atoms with Gasteiger partial charge in [0.1, 0.15) is 5.75 Å². The van der Waals surface area contributed by atoms with Crippen LogP contribution in [0.5, 0.6) is 5.75 Å². The lowest BCUT2D eigenvalue weighted by atomic mass is 10.1. The minimum Gasteiger partial charge on any atom is -0.491 e. The van der Waals surface area contributed by atoms with Crippen LogP contribution in [0.1, 0.15) is 19.4 Å². The molecule has 0 bridgehead atoms. The van der Waals surface area contributed by atoms with Crippen LogP contribution < -0.4 is 15.6 Å². The maximum absolute atomic E-state index is 12.0. The van der Waals surface area contributed by atoms with Crippen LogP contribution in [-0.2, 0) is 13.6 Å². The summed E-state index contributed by atoms with van der Waals surface area (Å²) >= 11 is 0. The summed E-state index contributed by atoms with van der Waals surface area (Å²) in [6.07, 6.45) is 0.147. The van der Waals surface area contributed by atoms with Crippen molar-refractivity contribution < 1.29 is 4.74 Å². The topological polar surface area (TPSA) is 56.1 Å². The molecular formula is C16H21N3O2.